The van der Waals surface area contributed by atoms with Gasteiger partial charge in [-0.15, -0.1) is 0 Å². The molecule has 0 aliphatic carbocycles. The first-order valence-corrected chi connectivity index (χ1v) is 7.58. The lowest BCUT2D eigenvalue weighted by Gasteiger charge is -2.35. The van der Waals surface area contributed by atoms with Gasteiger partial charge < -0.3 is 14.7 Å². The van der Waals surface area contributed by atoms with Crippen molar-refractivity contribution < 1.29 is 14.6 Å². The molecule has 21 heavy (non-hydrogen) atoms. The molecule has 1 aromatic rings. The number of amides is 1. The number of aliphatic hydroxyl groups excluding tert-OH is 1. The summed E-state index contributed by atoms with van der Waals surface area (Å²) in [5.41, 5.74) is 2.37. The van der Waals surface area contributed by atoms with E-state index in [2.05, 4.69) is 13.8 Å². The van der Waals surface area contributed by atoms with Gasteiger partial charge in [-0.25, -0.2) is 0 Å². The van der Waals surface area contributed by atoms with Gasteiger partial charge in [-0.1, -0.05) is 13.0 Å². The fourth-order valence-corrected chi connectivity index (χ4v) is 2.86. The van der Waals surface area contributed by atoms with Gasteiger partial charge in [-0.2, -0.15) is 0 Å². The Morgan fingerprint density at radius 3 is 2.76 bits per heavy atom. The Labute approximate surface area is 126 Å². The summed E-state index contributed by atoms with van der Waals surface area (Å²) >= 11 is 0. The summed E-state index contributed by atoms with van der Waals surface area (Å²) in [7, 11) is 0. The minimum Gasteiger partial charge on any atom is -0.484 e. The zero-order valence-electron chi connectivity index (χ0n) is 13.1. The van der Waals surface area contributed by atoms with Crippen molar-refractivity contribution in [2.75, 3.05) is 26.3 Å². The molecule has 1 saturated heterocycles. The molecule has 4 nitrogen and oxygen atoms in total. The van der Waals surface area contributed by atoms with Crippen LogP contribution in [0.2, 0.25) is 0 Å². The van der Waals surface area contributed by atoms with E-state index in [1.165, 1.54) is 5.56 Å². The van der Waals surface area contributed by atoms with E-state index in [0.29, 0.717) is 12.5 Å². The van der Waals surface area contributed by atoms with Crippen LogP contribution in [0.4, 0.5) is 0 Å². The third-order valence-corrected chi connectivity index (χ3v) is 4.20. The summed E-state index contributed by atoms with van der Waals surface area (Å²) in [5.74, 6) is 1.36. The first-order valence-electron chi connectivity index (χ1n) is 7.58. The molecule has 0 aromatic heterocycles. The summed E-state index contributed by atoms with van der Waals surface area (Å²) in [6.07, 6.45) is 0.984. The van der Waals surface area contributed by atoms with Crippen LogP contribution in [0, 0.1) is 25.7 Å². The van der Waals surface area contributed by atoms with Crippen LogP contribution >= 0.6 is 0 Å². The topological polar surface area (TPSA) is 49.8 Å². The minimum atomic E-state index is -0.00164. The van der Waals surface area contributed by atoms with Gasteiger partial charge in [-0.3, -0.25) is 4.79 Å². The Kier molecular flexibility index (Phi) is 5.23. The molecule has 1 aromatic carbocycles. The molecule has 0 bridgehead atoms. The van der Waals surface area contributed by atoms with Gasteiger partial charge in [0, 0.05) is 19.7 Å². The standard InChI is InChI=1S/C17H25NO3/c1-12-6-15(10-19)9-18(8-12)17(20)11-21-16-5-4-13(2)14(3)7-16/h4-5,7,12,15,19H,6,8-11H2,1-3H3/t12-,15-/m0/s1. The largest absolute Gasteiger partial charge is 0.484 e. The van der Waals surface area contributed by atoms with Crippen LogP contribution < -0.4 is 4.74 Å². The van der Waals surface area contributed by atoms with E-state index in [4.69, 9.17) is 4.74 Å². The monoisotopic (exact) mass is 291 g/mol. The summed E-state index contributed by atoms with van der Waals surface area (Å²) in [5, 5.41) is 9.30. The number of likely N-dealkylation sites (tertiary alicyclic amines) is 1. The number of benzene rings is 1. The van der Waals surface area contributed by atoms with Gasteiger partial charge in [0.15, 0.2) is 6.61 Å². The third kappa shape index (κ3) is 4.21. The molecule has 1 amide bonds. The number of piperidine rings is 1. The van der Waals surface area contributed by atoms with E-state index >= 15 is 0 Å². The lowest BCUT2D eigenvalue weighted by atomic mass is 9.91. The Bertz CT molecular complexity index is 501. The van der Waals surface area contributed by atoms with E-state index in [0.717, 1.165) is 24.3 Å². The molecule has 0 saturated carbocycles. The summed E-state index contributed by atoms with van der Waals surface area (Å²) in [6, 6.07) is 5.85. The number of nitrogens with zero attached hydrogens (tertiary/aromatic N) is 1. The first kappa shape index (κ1) is 15.8. The molecule has 4 heteroatoms. The van der Waals surface area contributed by atoms with Crippen LogP contribution in [0.3, 0.4) is 0 Å². The van der Waals surface area contributed by atoms with Gasteiger partial charge in [-0.05, 0) is 55.4 Å². The second-order valence-corrected chi connectivity index (χ2v) is 6.22. The molecule has 1 N–H and O–H groups in total. The van der Waals surface area contributed by atoms with Gasteiger partial charge >= 0.3 is 0 Å². The molecule has 1 aliphatic heterocycles. The van der Waals surface area contributed by atoms with Crippen LogP contribution in [0.5, 0.6) is 5.75 Å². The minimum absolute atomic E-state index is 0.00164. The van der Waals surface area contributed by atoms with Crippen molar-refractivity contribution in [1.82, 2.24) is 4.90 Å². The second kappa shape index (κ2) is 6.94. The molecule has 0 spiro atoms. The number of aryl methyl sites for hydroxylation is 2. The Morgan fingerprint density at radius 2 is 2.10 bits per heavy atom. The van der Waals surface area contributed by atoms with Gasteiger partial charge in [0.05, 0.1) is 0 Å². The molecule has 0 radical (unpaired) electrons. The van der Waals surface area contributed by atoms with E-state index in [9.17, 15) is 9.90 Å². The van der Waals surface area contributed by atoms with Crippen molar-refractivity contribution in [3.63, 3.8) is 0 Å². The molecule has 2 atom stereocenters. The highest BCUT2D eigenvalue weighted by molar-refractivity contribution is 5.77. The average molecular weight is 291 g/mol. The molecule has 1 heterocycles. The average Bonchev–Trinajstić information content (AvgIpc) is 2.47. The summed E-state index contributed by atoms with van der Waals surface area (Å²) < 4.78 is 5.61. The van der Waals surface area contributed by atoms with Gasteiger partial charge in [0.25, 0.3) is 5.91 Å². The van der Waals surface area contributed by atoms with Crippen LogP contribution in [0.15, 0.2) is 18.2 Å². The molecular formula is C17H25NO3. The molecule has 116 valence electrons. The Balaban J connectivity index is 1.90. The quantitative estimate of drug-likeness (QED) is 0.925. The second-order valence-electron chi connectivity index (χ2n) is 6.22. The molecule has 2 rings (SSSR count). The number of rotatable bonds is 4. The fraction of sp³-hybridized carbons (Fsp3) is 0.588. The maximum absolute atomic E-state index is 12.2. The molecular weight excluding hydrogens is 266 g/mol. The number of hydrogen-bond donors (Lipinski definition) is 1. The van der Waals surface area contributed by atoms with Crippen molar-refractivity contribution >= 4 is 5.91 Å². The highest BCUT2D eigenvalue weighted by Crippen LogP contribution is 2.21. The number of carbonyl (C=O) groups is 1. The Hall–Kier alpha value is -1.55. The van der Waals surface area contributed by atoms with E-state index < -0.39 is 0 Å². The maximum Gasteiger partial charge on any atom is 0.260 e. The molecule has 1 aliphatic rings. The normalized spacial score (nSPS) is 22.2. The van der Waals surface area contributed by atoms with Crippen molar-refractivity contribution in [2.24, 2.45) is 11.8 Å². The number of ether oxygens (including phenoxy) is 1. The SMILES string of the molecule is Cc1ccc(OCC(=O)N2C[C@@H](C)C[C@H](CO)C2)cc1C. The van der Waals surface area contributed by atoms with Crippen LogP contribution in [0.25, 0.3) is 0 Å². The number of carbonyl (C=O) groups excluding carboxylic acids is 1. The van der Waals surface area contributed by atoms with Crippen molar-refractivity contribution in [1.29, 1.82) is 0 Å². The highest BCUT2D eigenvalue weighted by atomic mass is 16.5. The zero-order valence-corrected chi connectivity index (χ0v) is 13.1. The summed E-state index contributed by atoms with van der Waals surface area (Å²) in [4.78, 5) is 14.1. The van der Waals surface area contributed by atoms with Crippen molar-refractivity contribution in [3.05, 3.63) is 29.3 Å². The van der Waals surface area contributed by atoms with Crippen molar-refractivity contribution in [3.8, 4) is 5.75 Å². The number of hydrogen-bond acceptors (Lipinski definition) is 3. The van der Waals surface area contributed by atoms with E-state index in [1.54, 1.807) is 0 Å². The lowest BCUT2D eigenvalue weighted by molar-refractivity contribution is -0.136. The highest BCUT2D eigenvalue weighted by Gasteiger charge is 2.27. The maximum atomic E-state index is 12.2. The van der Waals surface area contributed by atoms with E-state index in [-0.39, 0.29) is 25.0 Å². The lowest BCUT2D eigenvalue weighted by Crippen LogP contribution is -2.46. The molecule has 0 unspecified atom stereocenters. The van der Waals surface area contributed by atoms with Gasteiger partial charge in [0.2, 0.25) is 0 Å². The van der Waals surface area contributed by atoms with Crippen molar-refractivity contribution in [2.45, 2.75) is 27.2 Å². The van der Waals surface area contributed by atoms with Crippen LogP contribution in [-0.4, -0.2) is 42.2 Å². The first-order chi connectivity index (χ1) is 9.99. The third-order valence-electron chi connectivity index (χ3n) is 4.20. The smallest absolute Gasteiger partial charge is 0.260 e. The predicted octanol–water partition coefficient (Wildman–Crippen LogP) is 2.16. The van der Waals surface area contributed by atoms with E-state index in [1.807, 2.05) is 30.0 Å². The summed E-state index contributed by atoms with van der Waals surface area (Å²) in [6.45, 7) is 7.80. The Morgan fingerprint density at radius 1 is 1.33 bits per heavy atom. The van der Waals surface area contributed by atoms with Crippen LogP contribution in [0.1, 0.15) is 24.5 Å². The fourth-order valence-electron chi connectivity index (χ4n) is 2.86. The number of aliphatic hydroxyl groups is 1. The van der Waals surface area contributed by atoms with Crippen LogP contribution in [-0.2, 0) is 4.79 Å². The van der Waals surface area contributed by atoms with Gasteiger partial charge in [0.1, 0.15) is 5.75 Å². The molecule has 1 fully saturated rings. The zero-order chi connectivity index (χ0) is 15.4. The predicted molar refractivity (Wildman–Crippen MR) is 82.3 cm³/mol.